The Balaban J connectivity index is 1.02. The lowest BCUT2D eigenvalue weighted by Gasteiger charge is -2.25. The van der Waals surface area contributed by atoms with E-state index in [1.54, 1.807) is 0 Å². The van der Waals surface area contributed by atoms with Gasteiger partial charge in [-0.25, -0.2) is 0 Å². The molecule has 2 aromatic heterocycles. The molecular weight excluding hydrogens is 557 g/mol. The molecule has 0 atom stereocenters. The predicted molar refractivity (Wildman–Crippen MR) is 191 cm³/mol. The maximum Gasteiger partial charge on any atom is 0.0430 e. The van der Waals surface area contributed by atoms with E-state index in [0.29, 0.717) is 0 Å². The lowest BCUT2D eigenvalue weighted by atomic mass is 9.79. The van der Waals surface area contributed by atoms with E-state index in [9.17, 15) is 0 Å². The summed E-state index contributed by atoms with van der Waals surface area (Å²) in [4.78, 5) is 3.00. The van der Waals surface area contributed by atoms with Crippen LogP contribution in [0.3, 0.4) is 0 Å². The van der Waals surface area contributed by atoms with E-state index in [1.807, 2.05) is 22.7 Å². The molecule has 7 rings (SSSR count). The zero-order valence-electron chi connectivity index (χ0n) is 25.7. The Morgan fingerprint density at radius 1 is 0.442 bits per heavy atom. The van der Waals surface area contributed by atoms with Crippen LogP contribution in [0.15, 0.2) is 84.9 Å². The minimum absolute atomic E-state index is 1.11. The summed E-state index contributed by atoms with van der Waals surface area (Å²) in [6.07, 6.45) is 13.5. The highest BCUT2D eigenvalue weighted by Gasteiger charge is 2.28. The number of fused-ring (bicyclic) bond motifs is 8. The van der Waals surface area contributed by atoms with Crippen LogP contribution in [-0.4, -0.2) is 0 Å². The first-order chi connectivity index (χ1) is 21.2. The third kappa shape index (κ3) is 5.97. The maximum atomic E-state index is 2.44. The topological polar surface area (TPSA) is 0 Å². The lowest BCUT2D eigenvalue weighted by molar-refractivity contribution is 0.632. The molecule has 6 aromatic rings. The Morgan fingerprint density at radius 2 is 0.907 bits per heavy atom. The van der Waals surface area contributed by atoms with Crippen molar-refractivity contribution in [2.75, 3.05) is 0 Å². The standard InChI is InChI=1S/C41H42S2/c1-3-5-6-7-8-9-29-14-16-31(17-15-29)19-23-35-27-33-21-25-37-38-36(39(37)41(33)43-35)24-20-32-26-34(42-40(32)38)22-18-30-12-10-28(4-2)11-13-30/h10-17,20-21,24-27H,3-9,18-19,22-23H2,1-2H3. The van der Waals surface area contributed by atoms with Crippen molar-refractivity contribution in [3.05, 3.63) is 117 Å². The molecule has 0 N–H and O–H groups in total. The highest BCUT2D eigenvalue weighted by Crippen LogP contribution is 2.56. The maximum absolute atomic E-state index is 2.44. The first-order valence-electron chi connectivity index (χ1n) is 16.5. The van der Waals surface area contributed by atoms with Crippen molar-refractivity contribution in [1.82, 2.24) is 0 Å². The summed E-state index contributed by atoms with van der Waals surface area (Å²) < 4.78 is 2.95. The SMILES string of the molecule is CCCCCCCc1ccc(CCc2cc3ccc4c(c3s2)-c2ccc3cc(CCc5ccc(CC)cc5)sc3c2-4)cc1. The Kier molecular flexibility index (Phi) is 8.51. The molecule has 2 heterocycles. The molecule has 0 amide bonds. The Labute approximate surface area is 265 Å². The average molecular weight is 599 g/mol. The molecule has 1 aliphatic carbocycles. The van der Waals surface area contributed by atoms with Gasteiger partial charge in [0, 0.05) is 30.3 Å². The molecule has 0 saturated carbocycles. The van der Waals surface area contributed by atoms with Gasteiger partial charge in [-0.2, -0.15) is 0 Å². The van der Waals surface area contributed by atoms with Crippen molar-refractivity contribution < 1.29 is 0 Å². The molecule has 0 aliphatic heterocycles. The van der Waals surface area contributed by atoms with Gasteiger partial charge in [-0.05, 0) is 101 Å². The first kappa shape index (κ1) is 28.6. The van der Waals surface area contributed by atoms with Crippen LogP contribution in [0.25, 0.3) is 42.4 Å². The zero-order chi connectivity index (χ0) is 29.2. The fourth-order valence-corrected chi connectivity index (χ4v) is 9.17. The van der Waals surface area contributed by atoms with Gasteiger partial charge in [0.2, 0.25) is 0 Å². The molecule has 0 radical (unpaired) electrons. The summed E-state index contributed by atoms with van der Waals surface area (Å²) in [6.45, 7) is 4.51. The summed E-state index contributed by atoms with van der Waals surface area (Å²) in [5.41, 5.74) is 11.7. The minimum atomic E-state index is 1.11. The molecular formula is C41H42S2. The number of aryl methyl sites for hydroxylation is 6. The van der Waals surface area contributed by atoms with Crippen LogP contribution in [0, 0.1) is 0 Å². The molecule has 4 aromatic carbocycles. The number of unbranched alkanes of at least 4 members (excludes halogenated alkanes) is 4. The Morgan fingerprint density at radius 3 is 1.40 bits per heavy atom. The van der Waals surface area contributed by atoms with Gasteiger partial charge in [-0.15, -0.1) is 22.7 Å². The molecule has 0 nitrogen and oxygen atoms in total. The van der Waals surface area contributed by atoms with E-state index in [-0.39, 0.29) is 0 Å². The molecule has 43 heavy (non-hydrogen) atoms. The van der Waals surface area contributed by atoms with Crippen LogP contribution < -0.4 is 0 Å². The second kappa shape index (κ2) is 12.8. The third-order valence-electron chi connectivity index (χ3n) is 9.36. The second-order valence-corrected chi connectivity index (χ2v) is 14.7. The first-order valence-corrected chi connectivity index (χ1v) is 18.1. The van der Waals surface area contributed by atoms with Crippen molar-refractivity contribution in [2.45, 2.75) is 84.5 Å². The van der Waals surface area contributed by atoms with E-state index in [4.69, 9.17) is 0 Å². The highest BCUT2D eigenvalue weighted by atomic mass is 32.1. The van der Waals surface area contributed by atoms with Gasteiger partial charge in [0.25, 0.3) is 0 Å². The molecule has 0 unspecified atom stereocenters. The minimum Gasteiger partial charge on any atom is -0.140 e. The van der Waals surface area contributed by atoms with E-state index >= 15 is 0 Å². The normalized spacial score (nSPS) is 12.0. The highest BCUT2D eigenvalue weighted by molar-refractivity contribution is 7.20. The number of rotatable bonds is 13. The van der Waals surface area contributed by atoms with Crippen molar-refractivity contribution in [3.63, 3.8) is 0 Å². The Hall–Kier alpha value is -3.20. The van der Waals surface area contributed by atoms with Gasteiger partial charge in [-0.3, -0.25) is 0 Å². The van der Waals surface area contributed by atoms with Crippen molar-refractivity contribution in [2.24, 2.45) is 0 Å². The van der Waals surface area contributed by atoms with Crippen LogP contribution in [0.2, 0.25) is 0 Å². The summed E-state index contributed by atoms with van der Waals surface area (Å²) in [6, 6.07) is 33.0. The molecule has 0 fully saturated rings. The van der Waals surface area contributed by atoms with Gasteiger partial charge in [0.15, 0.2) is 0 Å². The number of hydrogen-bond donors (Lipinski definition) is 0. The van der Waals surface area contributed by atoms with Gasteiger partial charge < -0.3 is 0 Å². The number of hydrogen-bond acceptors (Lipinski definition) is 2. The molecule has 0 spiro atoms. The Bertz CT molecular complexity index is 1850. The van der Waals surface area contributed by atoms with Crippen molar-refractivity contribution in [3.8, 4) is 22.3 Å². The van der Waals surface area contributed by atoms with E-state index in [1.165, 1.54) is 113 Å². The lowest BCUT2D eigenvalue weighted by Crippen LogP contribution is -1.98. The van der Waals surface area contributed by atoms with Crippen molar-refractivity contribution in [1.29, 1.82) is 0 Å². The summed E-state index contributed by atoms with van der Waals surface area (Å²) in [7, 11) is 0. The fraction of sp³-hybridized carbons (Fsp3) is 0.317. The van der Waals surface area contributed by atoms with Crippen molar-refractivity contribution >= 4 is 42.8 Å². The van der Waals surface area contributed by atoms with Crippen LogP contribution in [0.5, 0.6) is 0 Å². The summed E-state index contributed by atoms with van der Waals surface area (Å²) in [5.74, 6) is 0. The largest absolute Gasteiger partial charge is 0.140 e. The zero-order valence-corrected chi connectivity index (χ0v) is 27.3. The molecule has 1 aliphatic rings. The van der Waals surface area contributed by atoms with E-state index in [0.717, 1.165) is 32.1 Å². The average Bonchev–Trinajstić information content (AvgIpc) is 3.64. The van der Waals surface area contributed by atoms with E-state index < -0.39 is 0 Å². The van der Waals surface area contributed by atoms with Gasteiger partial charge in [0.1, 0.15) is 0 Å². The summed E-state index contributed by atoms with van der Waals surface area (Å²) in [5, 5.41) is 2.81. The summed E-state index contributed by atoms with van der Waals surface area (Å²) >= 11 is 4.02. The van der Waals surface area contributed by atoms with Crippen LogP contribution >= 0.6 is 22.7 Å². The van der Waals surface area contributed by atoms with Crippen LogP contribution in [0.4, 0.5) is 0 Å². The van der Waals surface area contributed by atoms with E-state index in [2.05, 4.69) is 98.8 Å². The van der Waals surface area contributed by atoms with Gasteiger partial charge >= 0.3 is 0 Å². The monoisotopic (exact) mass is 598 g/mol. The number of benzene rings is 4. The molecule has 218 valence electrons. The number of thiophene rings is 2. The molecule has 0 saturated heterocycles. The van der Waals surface area contributed by atoms with Crippen LogP contribution in [-0.2, 0) is 38.5 Å². The van der Waals surface area contributed by atoms with Crippen LogP contribution in [0.1, 0.15) is 78.0 Å². The van der Waals surface area contributed by atoms with Gasteiger partial charge in [-0.1, -0.05) is 112 Å². The molecule has 0 bridgehead atoms. The third-order valence-corrected chi connectivity index (χ3v) is 11.8. The molecule has 2 heteroatoms. The fourth-order valence-electron chi connectivity index (χ4n) is 6.73. The quantitative estimate of drug-likeness (QED) is 0.116. The van der Waals surface area contributed by atoms with Gasteiger partial charge in [0.05, 0.1) is 0 Å². The second-order valence-electron chi connectivity index (χ2n) is 12.4. The predicted octanol–water partition coefficient (Wildman–Crippen LogP) is 12.4. The smallest absolute Gasteiger partial charge is 0.0430 e.